The van der Waals surface area contributed by atoms with Gasteiger partial charge in [-0.2, -0.15) is 0 Å². The van der Waals surface area contributed by atoms with E-state index < -0.39 is 0 Å². The van der Waals surface area contributed by atoms with Crippen molar-refractivity contribution in [2.75, 3.05) is 18.4 Å². The van der Waals surface area contributed by atoms with Crippen LogP contribution in [0.4, 0.5) is 5.13 Å². The van der Waals surface area contributed by atoms with E-state index in [0.717, 1.165) is 23.7 Å². The molecule has 1 aromatic carbocycles. The molecule has 2 aromatic rings. The van der Waals surface area contributed by atoms with Gasteiger partial charge in [0.25, 0.3) is 0 Å². The molecule has 1 aliphatic rings. The topological polar surface area (TPSA) is 54.0 Å². The van der Waals surface area contributed by atoms with Gasteiger partial charge in [-0.3, -0.25) is 4.79 Å². The van der Waals surface area contributed by atoms with Crippen molar-refractivity contribution in [3.05, 3.63) is 34.7 Å². The number of nitrogens with zero attached hydrogens (tertiary/aromatic N) is 1. The lowest BCUT2D eigenvalue weighted by molar-refractivity contribution is -0.115. The highest BCUT2D eigenvalue weighted by atomic mass is 35.5. The normalized spacial score (nSPS) is 13.5. The quantitative estimate of drug-likeness (QED) is 0.832. The van der Waals surface area contributed by atoms with Crippen molar-refractivity contribution >= 4 is 34.8 Å². The van der Waals surface area contributed by atoms with Gasteiger partial charge in [-0.25, -0.2) is 4.98 Å². The summed E-state index contributed by atoms with van der Waals surface area (Å²) in [6, 6.07) is 6.30. The minimum absolute atomic E-state index is 0. The van der Waals surface area contributed by atoms with Crippen molar-refractivity contribution in [1.82, 2.24) is 10.3 Å². The number of halogens is 1. The predicted molar refractivity (Wildman–Crippen MR) is 98.5 cm³/mol. The average Bonchev–Trinajstić information content (AvgIpc) is 3.19. The first-order valence-corrected chi connectivity index (χ1v) is 8.53. The van der Waals surface area contributed by atoms with Gasteiger partial charge in [0.1, 0.15) is 0 Å². The molecule has 0 bridgehead atoms. The van der Waals surface area contributed by atoms with Gasteiger partial charge in [-0.1, -0.05) is 12.1 Å². The molecule has 0 spiro atoms. The summed E-state index contributed by atoms with van der Waals surface area (Å²) in [6.45, 7) is 5.49. The van der Waals surface area contributed by atoms with Crippen molar-refractivity contribution in [3.8, 4) is 11.3 Å². The van der Waals surface area contributed by atoms with Crippen molar-refractivity contribution in [2.24, 2.45) is 5.92 Å². The zero-order chi connectivity index (χ0) is 15.5. The Balaban J connectivity index is 0.00000192. The van der Waals surface area contributed by atoms with Gasteiger partial charge >= 0.3 is 0 Å². The number of amides is 1. The molecule has 4 nitrogen and oxygen atoms in total. The van der Waals surface area contributed by atoms with Crippen LogP contribution in [-0.2, 0) is 4.79 Å². The van der Waals surface area contributed by atoms with Crippen LogP contribution in [0.3, 0.4) is 0 Å². The van der Waals surface area contributed by atoms with E-state index in [2.05, 4.69) is 47.7 Å². The minimum Gasteiger partial charge on any atom is -0.308 e. The van der Waals surface area contributed by atoms with Gasteiger partial charge < -0.3 is 10.6 Å². The summed E-state index contributed by atoms with van der Waals surface area (Å²) in [5.74, 6) is 0.755. The van der Waals surface area contributed by atoms with Crippen molar-refractivity contribution in [2.45, 2.75) is 26.7 Å². The van der Waals surface area contributed by atoms with Gasteiger partial charge in [0.05, 0.1) is 12.2 Å². The number of nitrogens with one attached hydrogen (secondary N) is 2. The molecule has 124 valence electrons. The molecule has 3 rings (SSSR count). The Labute approximate surface area is 147 Å². The lowest BCUT2D eigenvalue weighted by Crippen LogP contribution is -2.29. The molecular weight excluding hydrogens is 330 g/mol. The summed E-state index contributed by atoms with van der Waals surface area (Å²) in [7, 11) is 0. The van der Waals surface area contributed by atoms with Crippen LogP contribution in [0, 0.1) is 19.8 Å². The second-order valence-electron chi connectivity index (χ2n) is 5.96. The van der Waals surface area contributed by atoms with Crippen molar-refractivity contribution in [1.29, 1.82) is 0 Å². The third-order valence-corrected chi connectivity index (χ3v) is 4.73. The highest BCUT2D eigenvalue weighted by molar-refractivity contribution is 7.14. The zero-order valence-electron chi connectivity index (χ0n) is 13.4. The minimum atomic E-state index is -0.0263. The van der Waals surface area contributed by atoms with E-state index in [0.29, 0.717) is 11.7 Å². The van der Waals surface area contributed by atoms with Gasteiger partial charge in [0.15, 0.2) is 5.13 Å². The Morgan fingerprint density at radius 3 is 2.78 bits per heavy atom. The summed E-state index contributed by atoms with van der Waals surface area (Å²) < 4.78 is 0. The number of anilines is 1. The molecular formula is C17H22ClN3OS. The Hall–Kier alpha value is -1.43. The van der Waals surface area contributed by atoms with Crippen LogP contribution in [0.2, 0.25) is 0 Å². The van der Waals surface area contributed by atoms with Crippen molar-refractivity contribution in [3.63, 3.8) is 0 Å². The van der Waals surface area contributed by atoms with E-state index in [9.17, 15) is 4.79 Å². The lowest BCUT2D eigenvalue weighted by Gasteiger charge is -2.04. The molecule has 0 aliphatic heterocycles. The van der Waals surface area contributed by atoms with E-state index in [4.69, 9.17) is 0 Å². The maximum Gasteiger partial charge on any atom is 0.240 e. The van der Waals surface area contributed by atoms with Gasteiger partial charge in [-0.15, -0.1) is 23.7 Å². The molecule has 0 radical (unpaired) electrons. The number of carbonyl (C=O) groups excluding carboxylic acids is 1. The summed E-state index contributed by atoms with van der Waals surface area (Å²) in [5, 5.41) is 8.68. The Bertz CT molecular complexity index is 682. The SMILES string of the molecule is Cc1ccc(-c2csc(NC(=O)CNCC3CC3)n2)cc1C.Cl. The summed E-state index contributed by atoms with van der Waals surface area (Å²) in [6.07, 6.45) is 2.58. The fourth-order valence-corrected chi connectivity index (χ4v) is 2.98. The third-order valence-electron chi connectivity index (χ3n) is 3.97. The first-order chi connectivity index (χ1) is 10.6. The predicted octanol–water partition coefficient (Wildman–Crippen LogP) is 3.79. The molecule has 6 heteroatoms. The number of carbonyl (C=O) groups is 1. The van der Waals surface area contributed by atoms with Gasteiger partial charge in [0.2, 0.25) is 5.91 Å². The maximum absolute atomic E-state index is 11.9. The molecule has 2 N–H and O–H groups in total. The standard InChI is InChI=1S/C17H21N3OS.ClH/c1-11-3-6-14(7-12(11)2)15-10-22-17(19-15)20-16(21)9-18-8-13-4-5-13;/h3,6-7,10,13,18H,4-5,8-9H2,1-2H3,(H,19,20,21);1H. The number of aryl methyl sites for hydroxylation is 2. The molecule has 1 aromatic heterocycles. The number of hydrogen-bond donors (Lipinski definition) is 2. The molecule has 1 aliphatic carbocycles. The van der Waals surface area contributed by atoms with Crippen LogP contribution < -0.4 is 10.6 Å². The lowest BCUT2D eigenvalue weighted by atomic mass is 10.1. The monoisotopic (exact) mass is 351 g/mol. The van der Waals surface area contributed by atoms with E-state index in [1.165, 1.54) is 35.3 Å². The van der Waals surface area contributed by atoms with Crippen LogP contribution in [0.15, 0.2) is 23.6 Å². The molecule has 0 atom stereocenters. The van der Waals surface area contributed by atoms with E-state index in [-0.39, 0.29) is 18.3 Å². The number of thiazole rings is 1. The van der Waals surface area contributed by atoms with Gasteiger partial charge in [0, 0.05) is 10.9 Å². The Morgan fingerprint density at radius 2 is 2.09 bits per heavy atom. The highest BCUT2D eigenvalue weighted by Gasteiger charge is 2.20. The first kappa shape index (κ1) is 17.9. The summed E-state index contributed by atoms with van der Waals surface area (Å²) in [4.78, 5) is 16.4. The van der Waals surface area contributed by atoms with Gasteiger partial charge in [-0.05, 0) is 56.3 Å². The average molecular weight is 352 g/mol. The number of aromatic nitrogens is 1. The molecule has 0 saturated heterocycles. The fourth-order valence-electron chi connectivity index (χ4n) is 2.24. The van der Waals surface area contributed by atoms with Crippen molar-refractivity contribution < 1.29 is 4.79 Å². The Kier molecular flexibility index (Phi) is 6.16. The highest BCUT2D eigenvalue weighted by Crippen LogP contribution is 2.28. The Morgan fingerprint density at radius 1 is 1.30 bits per heavy atom. The van der Waals surface area contributed by atoms with E-state index in [1.807, 2.05) is 5.38 Å². The largest absolute Gasteiger partial charge is 0.308 e. The van der Waals surface area contributed by atoms with Crippen LogP contribution in [0.5, 0.6) is 0 Å². The second-order valence-corrected chi connectivity index (χ2v) is 6.82. The molecule has 1 amide bonds. The van der Waals surface area contributed by atoms with Crippen LogP contribution >= 0.6 is 23.7 Å². The number of hydrogen-bond acceptors (Lipinski definition) is 4. The molecule has 1 saturated carbocycles. The molecule has 23 heavy (non-hydrogen) atoms. The summed E-state index contributed by atoms with van der Waals surface area (Å²) >= 11 is 1.46. The van der Waals surface area contributed by atoms with Crippen LogP contribution in [0.25, 0.3) is 11.3 Å². The number of rotatable bonds is 6. The molecule has 1 heterocycles. The first-order valence-electron chi connectivity index (χ1n) is 7.65. The number of benzene rings is 1. The fraction of sp³-hybridized carbons (Fsp3) is 0.412. The van der Waals surface area contributed by atoms with E-state index in [1.54, 1.807) is 0 Å². The second kappa shape index (κ2) is 7.90. The van der Waals surface area contributed by atoms with Crippen LogP contribution in [0.1, 0.15) is 24.0 Å². The molecule has 0 unspecified atom stereocenters. The zero-order valence-corrected chi connectivity index (χ0v) is 15.0. The molecule has 1 fully saturated rings. The third kappa shape index (κ3) is 5.03. The maximum atomic E-state index is 11.9. The smallest absolute Gasteiger partial charge is 0.240 e. The summed E-state index contributed by atoms with van der Waals surface area (Å²) in [5.41, 5.74) is 4.52. The van der Waals surface area contributed by atoms with Crippen LogP contribution in [-0.4, -0.2) is 24.0 Å². The van der Waals surface area contributed by atoms with E-state index >= 15 is 0 Å².